The Balaban J connectivity index is 3.10. The summed E-state index contributed by atoms with van der Waals surface area (Å²) < 4.78 is 0. The van der Waals surface area contributed by atoms with Gasteiger partial charge in [0.05, 0.1) is 0 Å². The quantitative estimate of drug-likeness (QED) is 0.500. The highest BCUT2D eigenvalue weighted by molar-refractivity contribution is 4.93. The second-order valence-corrected chi connectivity index (χ2v) is 9.13. The molecule has 0 heterocycles. The van der Waals surface area contributed by atoms with Gasteiger partial charge in [-0.05, 0) is 66.1 Å². The summed E-state index contributed by atoms with van der Waals surface area (Å²) in [6.45, 7) is 22.3. The van der Waals surface area contributed by atoms with Crippen molar-refractivity contribution in [2.24, 2.45) is 53.3 Å². The third kappa shape index (κ3) is 4.49. The summed E-state index contributed by atoms with van der Waals surface area (Å²) >= 11 is 0. The van der Waals surface area contributed by atoms with E-state index in [0.29, 0.717) is 0 Å². The van der Waals surface area contributed by atoms with E-state index in [-0.39, 0.29) is 0 Å². The van der Waals surface area contributed by atoms with Crippen molar-refractivity contribution in [3.8, 4) is 0 Å². The van der Waals surface area contributed by atoms with Crippen LogP contribution in [0.4, 0.5) is 0 Å². The Morgan fingerprint density at radius 1 is 0.905 bits per heavy atom. The van der Waals surface area contributed by atoms with Crippen LogP contribution in [0.3, 0.4) is 0 Å². The normalized spacial score (nSPS) is 37.0. The number of hydrogen-bond acceptors (Lipinski definition) is 0. The van der Waals surface area contributed by atoms with Crippen LogP contribution in [0.2, 0.25) is 0 Å². The molecule has 0 aromatic carbocycles. The van der Waals surface area contributed by atoms with Crippen molar-refractivity contribution in [2.45, 2.75) is 81.6 Å². The third-order valence-electron chi connectivity index (χ3n) is 6.73. The summed E-state index contributed by atoms with van der Waals surface area (Å²) in [7, 11) is 0. The van der Waals surface area contributed by atoms with Crippen LogP contribution in [0.25, 0.3) is 0 Å². The van der Waals surface area contributed by atoms with Crippen molar-refractivity contribution in [3.63, 3.8) is 0 Å². The first-order chi connectivity index (χ1) is 9.70. The highest BCUT2D eigenvalue weighted by atomic mass is 14.5. The van der Waals surface area contributed by atoms with Crippen molar-refractivity contribution in [2.75, 3.05) is 0 Å². The van der Waals surface area contributed by atoms with Gasteiger partial charge in [0.15, 0.2) is 0 Å². The Bertz CT molecular complexity index is 290. The predicted molar refractivity (Wildman–Crippen MR) is 96.3 cm³/mol. The van der Waals surface area contributed by atoms with Crippen LogP contribution in [-0.2, 0) is 0 Å². The molecule has 0 aromatic rings. The van der Waals surface area contributed by atoms with E-state index in [9.17, 15) is 0 Å². The zero-order valence-electron chi connectivity index (χ0n) is 16.3. The molecule has 21 heavy (non-hydrogen) atoms. The van der Waals surface area contributed by atoms with Crippen molar-refractivity contribution in [1.29, 1.82) is 0 Å². The maximum absolute atomic E-state index is 2.55. The van der Waals surface area contributed by atoms with E-state index >= 15 is 0 Å². The molecule has 0 saturated heterocycles. The van der Waals surface area contributed by atoms with Gasteiger partial charge in [-0.1, -0.05) is 68.7 Å². The van der Waals surface area contributed by atoms with Gasteiger partial charge in [-0.2, -0.15) is 0 Å². The van der Waals surface area contributed by atoms with Crippen LogP contribution in [-0.4, -0.2) is 0 Å². The first kappa shape index (κ1) is 19.0. The Kier molecular flexibility index (Phi) is 7.28. The molecule has 1 rings (SSSR count). The van der Waals surface area contributed by atoms with Crippen LogP contribution in [0.15, 0.2) is 0 Å². The number of hydrogen-bond donors (Lipinski definition) is 0. The largest absolute Gasteiger partial charge is 0.0651 e. The summed E-state index contributed by atoms with van der Waals surface area (Å²) in [6, 6.07) is 0. The fourth-order valence-corrected chi connectivity index (χ4v) is 5.49. The van der Waals surface area contributed by atoms with Gasteiger partial charge in [-0.3, -0.25) is 0 Å². The second kappa shape index (κ2) is 8.02. The van der Waals surface area contributed by atoms with Crippen molar-refractivity contribution >= 4 is 0 Å². The monoisotopic (exact) mass is 294 g/mol. The molecular formula is C21H42. The van der Waals surface area contributed by atoms with E-state index in [1.807, 2.05) is 0 Å². The van der Waals surface area contributed by atoms with E-state index in [2.05, 4.69) is 62.3 Å². The lowest BCUT2D eigenvalue weighted by atomic mass is 9.54. The molecule has 7 atom stereocenters. The van der Waals surface area contributed by atoms with Crippen LogP contribution in [0.1, 0.15) is 81.6 Å². The molecule has 0 spiro atoms. The molecule has 0 heteroatoms. The van der Waals surface area contributed by atoms with Gasteiger partial charge in [-0.15, -0.1) is 0 Å². The molecular weight excluding hydrogens is 252 g/mol. The summed E-state index contributed by atoms with van der Waals surface area (Å²) in [4.78, 5) is 0. The topological polar surface area (TPSA) is 0 Å². The van der Waals surface area contributed by atoms with Gasteiger partial charge < -0.3 is 0 Å². The minimum absolute atomic E-state index is 0.822. The maximum Gasteiger partial charge on any atom is -0.0324 e. The van der Waals surface area contributed by atoms with Gasteiger partial charge in [0.25, 0.3) is 0 Å². The Hall–Kier alpha value is 0. The van der Waals surface area contributed by atoms with Gasteiger partial charge in [0.1, 0.15) is 0 Å². The van der Waals surface area contributed by atoms with E-state index in [1.165, 1.54) is 19.3 Å². The summed E-state index contributed by atoms with van der Waals surface area (Å²) in [5, 5.41) is 0. The molecule has 0 aliphatic heterocycles. The second-order valence-electron chi connectivity index (χ2n) is 9.13. The number of rotatable bonds is 6. The summed E-state index contributed by atoms with van der Waals surface area (Å²) in [6.07, 6.45) is 4.21. The van der Waals surface area contributed by atoms with E-state index in [0.717, 1.165) is 53.3 Å². The minimum Gasteiger partial charge on any atom is -0.0651 e. The average Bonchev–Trinajstić information content (AvgIpc) is 2.38. The van der Waals surface area contributed by atoms with E-state index in [1.54, 1.807) is 0 Å². The molecule has 1 aliphatic carbocycles. The molecule has 126 valence electrons. The van der Waals surface area contributed by atoms with Crippen molar-refractivity contribution in [1.82, 2.24) is 0 Å². The predicted octanol–water partition coefficient (Wildman–Crippen LogP) is 6.90. The lowest BCUT2D eigenvalue weighted by molar-refractivity contribution is -0.0224. The van der Waals surface area contributed by atoms with Crippen molar-refractivity contribution in [3.05, 3.63) is 0 Å². The SMILES string of the molecule is CCC(C)C(C(C)C)C1C(C)CC(C)C(C)C1CC(C)C. The van der Waals surface area contributed by atoms with Gasteiger partial charge in [0, 0.05) is 0 Å². The zero-order chi connectivity index (χ0) is 16.3. The van der Waals surface area contributed by atoms with Crippen LogP contribution < -0.4 is 0 Å². The molecule has 0 radical (unpaired) electrons. The molecule has 0 N–H and O–H groups in total. The Morgan fingerprint density at radius 3 is 1.90 bits per heavy atom. The molecule has 0 aromatic heterocycles. The van der Waals surface area contributed by atoms with Gasteiger partial charge in [-0.25, -0.2) is 0 Å². The fourth-order valence-electron chi connectivity index (χ4n) is 5.49. The fraction of sp³-hybridized carbons (Fsp3) is 1.00. The molecule has 1 saturated carbocycles. The van der Waals surface area contributed by atoms with Crippen LogP contribution >= 0.6 is 0 Å². The minimum atomic E-state index is 0.822. The van der Waals surface area contributed by atoms with E-state index in [4.69, 9.17) is 0 Å². The highest BCUT2D eigenvalue weighted by Gasteiger charge is 2.44. The lowest BCUT2D eigenvalue weighted by Crippen LogP contribution is -2.44. The van der Waals surface area contributed by atoms with Gasteiger partial charge >= 0.3 is 0 Å². The first-order valence-electron chi connectivity index (χ1n) is 9.70. The van der Waals surface area contributed by atoms with Crippen LogP contribution in [0, 0.1) is 53.3 Å². The van der Waals surface area contributed by atoms with Gasteiger partial charge in [0.2, 0.25) is 0 Å². The third-order valence-corrected chi connectivity index (χ3v) is 6.73. The average molecular weight is 295 g/mol. The standard InChI is InChI=1S/C21H42/c1-10-15(6)20(14(4)5)21-17(8)12-16(7)18(9)19(21)11-13(2)3/h13-21H,10-12H2,1-9H3. The molecule has 0 bridgehead atoms. The molecule has 7 unspecified atom stereocenters. The summed E-state index contributed by atoms with van der Waals surface area (Å²) in [5.41, 5.74) is 0. The molecule has 1 fully saturated rings. The molecule has 0 amide bonds. The summed E-state index contributed by atoms with van der Waals surface area (Å²) in [5.74, 6) is 8.02. The Labute approximate surface area is 135 Å². The first-order valence-corrected chi connectivity index (χ1v) is 9.70. The zero-order valence-corrected chi connectivity index (χ0v) is 16.3. The van der Waals surface area contributed by atoms with E-state index < -0.39 is 0 Å². The highest BCUT2D eigenvalue weighted by Crippen LogP contribution is 2.51. The lowest BCUT2D eigenvalue weighted by Gasteiger charge is -2.51. The van der Waals surface area contributed by atoms with Crippen LogP contribution in [0.5, 0.6) is 0 Å². The smallest absolute Gasteiger partial charge is 0.0324 e. The maximum atomic E-state index is 2.55. The molecule has 0 nitrogen and oxygen atoms in total. The Morgan fingerprint density at radius 2 is 1.48 bits per heavy atom. The van der Waals surface area contributed by atoms with Crippen molar-refractivity contribution < 1.29 is 0 Å². The molecule has 1 aliphatic rings.